The molecule has 0 spiro atoms. The highest BCUT2D eigenvalue weighted by atomic mass is 16.2. The van der Waals surface area contributed by atoms with Crippen LogP contribution in [0, 0.1) is 24.2 Å². The van der Waals surface area contributed by atoms with Gasteiger partial charge in [-0.05, 0) is 110 Å². The predicted molar refractivity (Wildman–Crippen MR) is 179 cm³/mol. The number of nitrogens with one attached hydrogen (secondary N) is 2. The Morgan fingerprint density at radius 3 is 2.30 bits per heavy atom. The molecular weight excluding hydrogens is 576 g/mol. The van der Waals surface area contributed by atoms with Crippen LogP contribution in [-0.2, 0) is 23.1 Å². The van der Waals surface area contributed by atoms with E-state index in [0.29, 0.717) is 48.8 Å². The molecule has 3 aromatic carbocycles. The number of rotatable bonds is 10. The molecule has 1 saturated heterocycles. The Labute approximate surface area is 269 Å². The SMILES string of the molecule is C=C(NN)c1ccc2c(c1)CCc1cc(C(N)=O)ccc1C2(CCNCC(=O)N1C(C#N)C[C@H]2CC21)C(N)=Nc1ccc(C)cc1. The van der Waals surface area contributed by atoms with Gasteiger partial charge in [-0.15, -0.1) is 0 Å². The van der Waals surface area contributed by atoms with Crippen LogP contribution < -0.4 is 28.1 Å². The maximum Gasteiger partial charge on any atom is 0.248 e. The van der Waals surface area contributed by atoms with Gasteiger partial charge < -0.3 is 27.1 Å². The zero-order valence-electron chi connectivity index (χ0n) is 26.1. The van der Waals surface area contributed by atoms with Crippen LogP contribution in [0.1, 0.15) is 63.0 Å². The van der Waals surface area contributed by atoms with Crippen LogP contribution in [0.2, 0.25) is 0 Å². The standard InChI is InChI=1S/C36H40N8O2/c1-21-3-9-28(10-4-21)42-35(39)36(13-14-41-20-33(45)44-29(19-37)17-27-18-32(27)44)30-11-7-23(22(2)43-40)15-24(30)5-6-25-16-26(34(38)46)8-12-31(25)36/h3-4,7-12,15-16,27,29,32,41,43H,2,5-6,13-14,17-18,20,40H2,1H3,(H2,38,46)(H2,39,42)/t27-,29?,32?,36?/m0/s1. The summed E-state index contributed by atoms with van der Waals surface area (Å²) in [6, 6.07) is 21.6. The number of aryl methyl sites for hydroxylation is 3. The molecule has 10 heteroatoms. The van der Waals surface area contributed by atoms with Gasteiger partial charge in [-0.1, -0.05) is 42.5 Å². The Kier molecular flexibility index (Phi) is 8.38. The van der Waals surface area contributed by atoms with E-state index < -0.39 is 11.3 Å². The molecule has 0 bridgehead atoms. The first kappa shape index (κ1) is 31.0. The summed E-state index contributed by atoms with van der Waals surface area (Å²) in [6.07, 6.45) is 3.54. The van der Waals surface area contributed by atoms with Crippen LogP contribution in [-0.4, -0.2) is 47.7 Å². The second-order valence-corrected chi connectivity index (χ2v) is 12.6. The molecule has 4 atom stereocenters. The van der Waals surface area contributed by atoms with E-state index in [9.17, 15) is 14.9 Å². The summed E-state index contributed by atoms with van der Waals surface area (Å²) in [6.45, 7) is 6.62. The van der Waals surface area contributed by atoms with E-state index in [1.165, 1.54) is 0 Å². The van der Waals surface area contributed by atoms with Crippen LogP contribution in [0.3, 0.4) is 0 Å². The van der Waals surface area contributed by atoms with Crippen molar-refractivity contribution in [1.29, 1.82) is 5.26 Å². The minimum Gasteiger partial charge on any atom is -0.386 e. The minimum atomic E-state index is -0.918. The summed E-state index contributed by atoms with van der Waals surface area (Å²) in [5.74, 6) is 6.00. The molecule has 1 heterocycles. The van der Waals surface area contributed by atoms with E-state index >= 15 is 0 Å². The van der Waals surface area contributed by atoms with Gasteiger partial charge in [-0.2, -0.15) is 5.26 Å². The lowest BCUT2D eigenvalue weighted by molar-refractivity contribution is -0.131. The number of nitriles is 1. The Balaban J connectivity index is 1.43. The zero-order chi connectivity index (χ0) is 32.6. The fourth-order valence-electron chi connectivity index (χ4n) is 7.29. The van der Waals surface area contributed by atoms with Gasteiger partial charge in [0.2, 0.25) is 11.8 Å². The number of primary amides is 1. The maximum absolute atomic E-state index is 13.3. The van der Waals surface area contributed by atoms with Gasteiger partial charge in [0.25, 0.3) is 0 Å². The Morgan fingerprint density at radius 2 is 1.67 bits per heavy atom. The van der Waals surface area contributed by atoms with E-state index in [-0.39, 0.29) is 24.5 Å². The largest absolute Gasteiger partial charge is 0.386 e. The van der Waals surface area contributed by atoms with E-state index in [0.717, 1.165) is 51.9 Å². The van der Waals surface area contributed by atoms with Gasteiger partial charge in [0.15, 0.2) is 0 Å². The van der Waals surface area contributed by atoms with Crippen LogP contribution >= 0.6 is 0 Å². The molecule has 3 aliphatic rings. The van der Waals surface area contributed by atoms with E-state index in [1.807, 2.05) is 49.4 Å². The van der Waals surface area contributed by atoms with Crippen molar-refractivity contribution in [3.05, 3.63) is 106 Å². The average Bonchev–Trinajstić information content (AvgIpc) is 3.75. The lowest BCUT2D eigenvalue weighted by Gasteiger charge is -2.37. The van der Waals surface area contributed by atoms with Gasteiger partial charge in [0, 0.05) is 17.3 Å². The van der Waals surface area contributed by atoms with Crippen molar-refractivity contribution < 1.29 is 9.59 Å². The normalized spacial score (nSPS) is 22.9. The number of carbonyl (C=O) groups excluding carboxylic acids is 2. The van der Waals surface area contributed by atoms with E-state index in [2.05, 4.69) is 35.5 Å². The molecule has 3 aromatic rings. The highest BCUT2D eigenvalue weighted by molar-refractivity contribution is 5.99. The summed E-state index contributed by atoms with van der Waals surface area (Å²) < 4.78 is 0. The van der Waals surface area contributed by atoms with Crippen molar-refractivity contribution >= 4 is 29.0 Å². The maximum atomic E-state index is 13.3. The molecule has 46 heavy (non-hydrogen) atoms. The molecule has 1 aliphatic heterocycles. The number of nitrogens with two attached hydrogens (primary N) is 3. The molecule has 8 N–H and O–H groups in total. The Morgan fingerprint density at radius 1 is 1.02 bits per heavy atom. The number of amidine groups is 1. The Bertz CT molecular complexity index is 1780. The first-order valence-electron chi connectivity index (χ1n) is 15.7. The molecule has 0 aromatic heterocycles. The van der Waals surface area contributed by atoms with Crippen molar-refractivity contribution in [2.24, 2.45) is 28.2 Å². The van der Waals surface area contributed by atoms with E-state index in [4.69, 9.17) is 22.3 Å². The summed E-state index contributed by atoms with van der Waals surface area (Å²) in [5, 5.41) is 13.0. The van der Waals surface area contributed by atoms with Crippen molar-refractivity contribution in [2.45, 2.75) is 56.5 Å². The molecule has 2 aliphatic carbocycles. The topological polar surface area (TPSA) is 176 Å². The molecule has 0 radical (unpaired) electrons. The molecule has 2 fully saturated rings. The van der Waals surface area contributed by atoms with Crippen molar-refractivity contribution in [3.8, 4) is 6.07 Å². The van der Waals surface area contributed by atoms with Crippen LogP contribution in [0.15, 0.2) is 72.2 Å². The van der Waals surface area contributed by atoms with Gasteiger partial charge in [-0.25, -0.2) is 4.99 Å². The number of likely N-dealkylation sites (tertiary alicyclic amines) is 1. The van der Waals surface area contributed by atoms with Gasteiger partial charge >= 0.3 is 0 Å². The first-order chi connectivity index (χ1) is 22.2. The van der Waals surface area contributed by atoms with Crippen molar-refractivity contribution in [3.63, 3.8) is 0 Å². The summed E-state index contributed by atoms with van der Waals surface area (Å²) >= 11 is 0. The lowest BCUT2D eigenvalue weighted by Crippen LogP contribution is -2.47. The summed E-state index contributed by atoms with van der Waals surface area (Å²) in [7, 11) is 0. The smallest absolute Gasteiger partial charge is 0.248 e. The third-order valence-electron chi connectivity index (χ3n) is 9.82. The fourth-order valence-corrected chi connectivity index (χ4v) is 7.29. The zero-order valence-corrected chi connectivity index (χ0v) is 26.1. The first-order valence-corrected chi connectivity index (χ1v) is 15.7. The average molecular weight is 617 g/mol. The second kappa shape index (κ2) is 12.4. The number of hydrogen-bond acceptors (Lipinski definition) is 7. The van der Waals surface area contributed by atoms with Crippen molar-refractivity contribution in [1.82, 2.24) is 15.6 Å². The summed E-state index contributed by atoms with van der Waals surface area (Å²) in [4.78, 5) is 32.3. The van der Waals surface area contributed by atoms with E-state index in [1.54, 1.807) is 11.0 Å². The highest BCUT2D eigenvalue weighted by Gasteiger charge is 2.54. The molecular formula is C36H40N8O2. The molecule has 236 valence electrons. The lowest BCUT2D eigenvalue weighted by atomic mass is 9.68. The molecule has 3 unspecified atom stereocenters. The highest BCUT2D eigenvalue weighted by Crippen LogP contribution is 2.48. The number of amides is 2. The number of aliphatic imine (C=N–C) groups is 1. The number of benzene rings is 3. The second-order valence-electron chi connectivity index (χ2n) is 12.6. The molecule has 6 rings (SSSR count). The number of piperidine rings is 1. The number of hydrogen-bond donors (Lipinski definition) is 5. The van der Waals surface area contributed by atoms with Crippen LogP contribution in [0.5, 0.6) is 0 Å². The van der Waals surface area contributed by atoms with Crippen molar-refractivity contribution in [2.75, 3.05) is 13.1 Å². The predicted octanol–water partition coefficient (Wildman–Crippen LogP) is 3.09. The third-order valence-corrected chi connectivity index (χ3v) is 9.82. The van der Waals surface area contributed by atoms with Crippen LogP contribution in [0.4, 0.5) is 5.69 Å². The van der Waals surface area contributed by atoms with Crippen LogP contribution in [0.25, 0.3) is 5.70 Å². The molecule has 2 amide bonds. The molecule has 1 saturated carbocycles. The number of nitrogens with zero attached hydrogens (tertiary/aromatic N) is 3. The molecule has 10 nitrogen and oxygen atoms in total. The number of fused-ring (bicyclic) bond motifs is 3. The van der Waals surface area contributed by atoms with Gasteiger partial charge in [0.05, 0.1) is 23.7 Å². The number of carbonyl (C=O) groups is 2. The third kappa shape index (κ3) is 5.64. The number of hydrazine groups is 1. The van der Waals surface area contributed by atoms with Gasteiger partial charge in [-0.3, -0.25) is 15.4 Å². The monoisotopic (exact) mass is 616 g/mol. The fraction of sp³-hybridized carbons (Fsp3) is 0.333. The quantitative estimate of drug-likeness (QED) is 0.0764. The summed E-state index contributed by atoms with van der Waals surface area (Å²) in [5.41, 5.74) is 22.2. The minimum absolute atomic E-state index is 0.0582. The van der Waals surface area contributed by atoms with Gasteiger partial charge in [0.1, 0.15) is 11.9 Å². The Hall–Kier alpha value is -4.98.